The topological polar surface area (TPSA) is 134 Å². The van der Waals surface area contributed by atoms with Crippen molar-refractivity contribution in [3.63, 3.8) is 0 Å². The van der Waals surface area contributed by atoms with Crippen LogP contribution in [0.5, 0.6) is 5.75 Å². The van der Waals surface area contributed by atoms with Gasteiger partial charge in [0.25, 0.3) is 17.7 Å². The predicted molar refractivity (Wildman–Crippen MR) is 133 cm³/mol. The maximum Gasteiger partial charge on any atom is 0.330 e. The molecular weight excluding hydrogens is 490 g/mol. The molecule has 3 amide bonds. The number of hydrogen-bond acceptors (Lipinski definition) is 8. The second-order valence-electron chi connectivity index (χ2n) is 7.41. The van der Waals surface area contributed by atoms with Gasteiger partial charge in [0.1, 0.15) is 11.8 Å². The molecule has 1 atom stereocenters. The lowest BCUT2D eigenvalue weighted by molar-refractivity contribution is -0.142. The van der Waals surface area contributed by atoms with Gasteiger partial charge in [-0.05, 0) is 47.2 Å². The summed E-state index contributed by atoms with van der Waals surface area (Å²) in [6.07, 6.45) is 0.497. The van der Waals surface area contributed by atoms with E-state index in [1.54, 1.807) is 41.8 Å². The minimum Gasteiger partial charge on any atom is -0.508 e. The maximum atomic E-state index is 13.0. The summed E-state index contributed by atoms with van der Waals surface area (Å²) in [6, 6.07) is 10.5. The lowest BCUT2D eigenvalue weighted by atomic mass is 10.1. The normalized spacial score (nSPS) is 11.4. The number of carbonyl (C=O) groups excluding carboxylic acids is 4. The maximum absolute atomic E-state index is 13.0. The summed E-state index contributed by atoms with van der Waals surface area (Å²) < 4.78 is 4.77. The number of aromatic hydroxyl groups is 1. The Morgan fingerprint density at radius 1 is 1.00 bits per heavy atom. The smallest absolute Gasteiger partial charge is 0.330 e. The number of aryl methyl sites for hydroxylation is 1. The molecule has 3 rings (SSSR count). The van der Waals surface area contributed by atoms with Crippen LogP contribution in [0.15, 0.2) is 47.8 Å². The van der Waals surface area contributed by atoms with E-state index in [4.69, 9.17) is 4.74 Å². The second kappa shape index (κ2) is 12.1. The Morgan fingerprint density at radius 2 is 1.77 bits per heavy atom. The van der Waals surface area contributed by atoms with Gasteiger partial charge in [-0.2, -0.15) is 0 Å². The van der Waals surface area contributed by atoms with Crippen molar-refractivity contribution >= 4 is 46.4 Å². The highest BCUT2D eigenvalue weighted by atomic mass is 32.1. The van der Waals surface area contributed by atoms with Crippen LogP contribution in [0.1, 0.15) is 47.1 Å². The van der Waals surface area contributed by atoms with E-state index in [0.29, 0.717) is 26.6 Å². The summed E-state index contributed by atoms with van der Waals surface area (Å²) in [6.45, 7) is 1.91. The number of thiophene rings is 2. The largest absolute Gasteiger partial charge is 0.508 e. The zero-order valence-corrected chi connectivity index (χ0v) is 20.8. The fourth-order valence-corrected chi connectivity index (χ4v) is 4.89. The van der Waals surface area contributed by atoms with Crippen LogP contribution in [0.2, 0.25) is 0 Å². The van der Waals surface area contributed by atoms with E-state index in [-0.39, 0.29) is 30.7 Å². The number of ether oxygens (including phenoxy) is 1. The quantitative estimate of drug-likeness (QED) is 0.307. The Kier molecular flexibility index (Phi) is 8.98. The number of hydrogen-bond donors (Lipinski definition) is 4. The van der Waals surface area contributed by atoms with Crippen molar-refractivity contribution < 1.29 is 29.0 Å². The first kappa shape index (κ1) is 25.9. The van der Waals surface area contributed by atoms with Crippen LogP contribution in [0.3, 0.4) is 0 Å². The van der Waals surface area contributed by atoms with Gasteiger partial charge in [0, 0.05) is 13.1 Å². The summed E-state index contributed by atoms with van der Waals surface area (Å²) in [4.78, 5) is 51.2. The molecule has 3 aromatic rings. The zero-order chi connectivity index (χ0) is 25.4. The van der Waals surface area contributed by atoms with Crippen LogP contribution in [-0.4, -0.2) is 48.5 Å². The number of amides is 3. The molecule has 0 saturated carbocycles. The van der Waals surface area contributed by atoms with Crippen LogP contribution in [0.25, 0.3) is 0 Å². The fraction of sp³-hybridized carbons (Fsp3) is 0.250. The molecule has 0 aliphatic carbocycles. The number of benzene rings is 1. The molecular formula is C24H25N3O6S2. The van der Waals surface area contributed by atoms with E-state index in [0.717, 1.165) is 16.9 Å². The van der Waals surface area contributed by atoms with Gasteiger partial charge in [0.2, 0.25) is 0 Å². The third-order valence-electron chi connectivity index (χ3n) is 4.99. The first-order valence-corrected chi connectivity index (χ1v) is 12.4. The van der Waals surface area contributed by atoms with Gasteiger partial charge in [-0.1, -0.05) is 25.1 Å². The third kappa shape index (κ3) is 6.90. The average Bonchev–Trinajstić information content (AvgIpc) is 3.55. The molecule has 9 nitrogen and oxygen atoms in total. The summed E-state index contributed by atoms with van der Waals surface area (Å²) in [5.41, 5.74) is 1.38. The number of rotatable bonds is 10. The molecule has 4 N–H and O–H groups in total. The van der Waals surface area contributed by atoms with Crippen molar-refractivity contribution in [1.82, 2.24) is 16.0 Å². The zero-order valence-electron chi connectivity index (χ0n) is 19.1. The van der Waals surface area contributed by atoms with E-state index >= 15 is 0 Å². The van der Waals surface area contributed by atoms with E-state index in [1.165, 1.54) is 24.5 Å². The number of carbonyl (C=O) groups is 4. The van der Waals surface area contributed by atoms with Gasteiger partial charge in [-0.3, -0.25) is 14.4 Å². The van der Waals surface area contributed by atoms with Crippen LogP contribution < -0.4 is 16.0 Å². The molecule has 0 aliphatic rings. The van der Waals surface area contributed by atoms with Gasteiger partial charge in [0.05, 0.1) is 21.7 Å². The van der Waals surface area contributed by atoms with Crippen LogP contribution in [-0.2, 0) is 22.5 Å². The molecule has 35 heavy (non-hydrogen) atoms. The summed E-state index contributed by atoms with van der Waals surface area (Å²) in [7, 11) is 1.19. The molecule has 2 aromatic heterocycles. The molecule has 0 aliphatic heterocycles. The predicted octanol–water partition coefficient (Wildman–Crippen LogP) is 2.71. The lowest BCUT2D eigenvalue weighted by Crippen LogP contribution is -2.48. The van der Waals surface area contributed by atoms with Crippen molar-refractivity contribution in [2.24, 2.45) is 0 Å². The molecule has 2 heterocycles. The molecule has 11 heteroatoms. The number of methoxy groups -OCH3 is 1. The van der Waals surface area contributed by atoms with Gasteiger partial charge in [0.15, 0.2) is 0 Å². The third-order valence-corrected chi connectivity index (χ3v) is 7.03. The standard InChI is InChI=1S/C24H25N3O6S2/c1-3-15-11-19(22(30)25-12-14-6-4-7-16(28)10-14)35-20(15)23(31)27-17(24(32)33-2)13-26-21(29)18-8-5-9-34-18/h4-11,17,28H,3,12-13H2,1-2H3,(H,25,30)(H,26,29)(H,27,31)/t17-/m0/s1. The van der Waals surface area contributed by atoms with Crippen LogP contribution in [0, 0.1) is 0 Å². The number of phenols is 1. The van der Waals surface area contributed by atoms with Crippen molar-refractivity contribution in [3.05, 3.63) is 73.6 Å². The Hall–Kier alpha value is -3.70. The summed E-state index contributed by atoms with van der Waals surface area (Å²) >= 11 is 2.27. The molecule has 0 saturated heterocycles. The highest BCUT2D eigenvalue weighted by Gasteiger charge is 2.26. The Bertz CT molecular complexity index is 1210. The van der Waals surface area contributed by atoms with Gasteiger partial charge >= 0.3 is 5.97 Å². The van der Waals surface area contributed by atoms with Crippen molar-refractivity contribution in [2.45, 2.75) is 25.9 Å². The van der Waals surface area contributed by atoms with Gasteiger partial charge in [-0.15, -0.1) is 22.7 Å². The molecule has 184 valence electrons. The lowest BCUT2D eigenvalue weighted by Gasteiger charge is -2.17. The SMILES string of the molecule is CCc1cc(C(=O)NCc2cccc(O)c2)sc1C(=O)N[C@@H](CNC(=O)c1cccs1)C(=O)OC. The highest BCUT2D eigenvalue weighted by molar-refractivity contribution is 7.16. The van der Waals surface area contributed by atoms with Crippen LogP contribution >= 0.6 is 22.7 Å². The minimum atomic E-state index is -1.11. The first-order chi connectivity index (χ1) is 16.8. The van der Waals surface area contributed by atoms with E-state index in [1.807, 2.05) is 6.92 Å². The number of nitrogens with one attached hydrogen (secondary N) is 3. The molecule has 1 aromatic carbocycles. The van der Waals surface area contributed by atoms with Crippen molar-refractivity contribution in [2.75, 3.05) is 13.7 Å². The van der Waals surface area contributed by atoms with Crippen LogP contribution in [0.4, 0.5) is 0 Å². The highest BCUT2D eigenvalue weighted by Crippen LogP contribution is 2.24. The summed E-state index contributed by atoms with van der Waals surface area (Å²) in [5.74, 6) is -1.87. The van der Waals surface area contributed by atoms with E-state index in [9.17, 15) is 24.3 Å². The average molecular weight is 516 g/mol. The Morgan fingerprint density at radius 3 is 2.43 bits per heavy atom. The number of esters is 1. The van der Waals surface area contributed by atoms with Crippen molar-refractivity contribution in [3.8, 4) is 5.75 Å². The Balaban J connectivity index is 1.67. The monoisotopic (exact) mass is 515 g/mol. The molecule has 0 unspecified atom stereocenters. The van der Waals surface area contributed by atoms with E-state index in [2.05, 4.69) is 16.0 Å². The van der Waals surface area contributed by atoms with E-state index < -0.39 is 17.9 Å². The van der Waals surface area contributed by atoms with Gasteiger partial charge in [-0.25, -0.2) is 4.79 Å². The molecule has 0 bridgehead atoms. The van der Waals surface area contributed by atoms with Gasteiger partial charge < -0.3 is 25.8 Å². The van der Waals surface area contributed by atoms with Crippen molar-refractivity contribution in [1.29, 1.82) is 0 Å². The molecule has 0 radical (unpaired) electrons. The minimum absolute atomic E-state index is 0.104. The first-order valence-electron chi connectivity index (χ1n) is 10.7. The number of phenolic OH excluding ortho intramolecular Hbond substituents is 1. The molecule has 0 spiro atoms. The fourth-order valence-electron chi connectivity index (χ4n) is 3.18. The summed E-state index contributed by atoms with van der Waals surface area (Å²) in [5, 5.41) is 19.3. The Labute approximate surface area is 210 Å². The molecule has 0 fully saturated rings. The second-order valence-corrected chi connectivity index (χ2v) is 9.41.